The molecule has 0 amide bonds. The van der Waals surface area contributed by atoms with Gasteiger partial charge in [-0.25, -0.2) is 0 Å². The zero-order valence-electron chi connectivity index (χ0n) is 10.3. The maximum Gasteiger partial charge on any atom is 0.162 e. The predicted molar refractivity (Wildman–Crippen MR) is 64.6 cm³/mol. The third-order valence-corrected chi connectivity index (χ3v) is 3.62. The maximum atomic E-state index is 12.0. The second-order valence-corrected chi connectivity index (χ2v) is 5.34. The molecule has 0 aliphatic heterocycles. The molecule has 1 saturated carbocycles. The molecule has 0 aromatic rings. The van der Waals surface area contributed by atoms with Crippen LogP contribution in [-0.2, 0) is 4.79 Å². The van der Waals surface area contributed by atoms with Gasteiger partial charge in [0.2, 0.25) is 0 Å². The van der Waals surface area contributed by atoms with Gasteiger partial charge in [0.15, 0.2) is 5.78 Å². The van der Waals surface area contributed by atoms with Crippen LogP contribution < -0.4 is 0 Å². The van der Waals surface area contributed by atoms with Crippen molar-refractivity contribution < 1.29 is 4.79 Å². The van der Waals surface area contributed by atoms with Crippen LogP contribution in [0, 0.1) is 17.3 Å². The summed E-state index contributed by atoms with van der Waals surface area (Å²) in [5.74, 6) is 0.716. The highest BCUT2D eigenvalue weighted by atomic mass is 16.1. The second kappa shape index (κ2) is 4.34. The smallest absolute Gasteiger partial charge is 0.162 e. The average molecular weight is 206 g/mol. The molecule has 0 radical (unpaired) electrons. The van der Waals surface area contributed by atoms with E-state index in [-0.39, 0.29) is 17.1 Å². The van der Waals surface area contributed by atoms with Gasteiger partial charge in [0.1, 0.15) is 0 Å². The largest absolute Gasteiger partial charge is 0.294 e. The van der Waals surface area contributed by atoms with E-state index in [2.05, 4.69) is 27.4 Å². The number of ketones is 1. The summed E-state index contributed by atoms with van der Waals surface area (Å²) in [4.78, 5) is 12.0. The molecule has 1 heteroatoms. The van der Waals surface area contributed by atoms with Crippen molar-refractivity contribution in [3.05, 3.63) is 24.3 Å². The number of allylic oxidation sites excluding steroid dienone is 3. The molecule has 0 bridgehead atoms. The molecule has 2 atom stereocenters. The van der Waals surface area contributed by atoms with Crippen molar-refractivity contribution in [3.63, 3.8) is 0 Å². The minimum Gasteiger partial charge on any atom is -0.294 e. The van der Waals surface area contributed by atoms with Crippen molar-refractivity contribution in [3.8, 4) is 0 Å². The first-order valence-electron chi connectivity index (χ1n) is 5.75. The van der Waals surface area contributed by atoms with Crippen LogP contribution in [0.4, 0.5) is 0 Å². The van der Waals surface area contributed by atoms with Crippen LogP contribution in [-0.4, -0.2) is 5.78 Å². The lowest BCUT2D eigenvalue weighted by atomic mass is 9.62. The minimum absolute atomic E-state index is 0.0115. The predicted octanol–water partition coefficient (Wildman–Crippen LogP) is 3.76. The van der Waals surface area contributed by atoms with Gasteiger partial charge in [-0.2, -0.15) is 0 Å². The Labute approximate surface area is 93.3 Å². The first kappa shape index (κ1) is 12.2. The highest BCUT2D eigenvalue weighted by Crippen LogP contribution is 2.46. The number of hydrogen-bond donors (Lipinski definition) is 0. The lowest BCUT2D eigenvalue weighted by molar-refractivity contribution is -0.121. The summed E-state index contributed by atoms with van der Waals surface area (Å²) in [6.45, 7) is 12.5. The summed E-state index contributed by atoms with van der Waals surface area (Å²) in [5.41, 5.74) is 1.19. The van der Waals surface area contributed by atoms with Gasteiger partial charge < -0.3 is 0 Å². The van der Waals surface area contributed by atoms with Crippen molar-refractivity contribution in [2.75, 3.05) is 0 Å². The van der Waals surface area contributed by atoms with Gasteiger partial charge in [0, 0.05) is 5.92 Å². The van der Waals surface area contributed by atoms with E-state index in [1.807, 2.05) is 13.0 Å². The molecule has 0 heterocycles. The molecule has 0 N–H and O–H groups in total. The van der Waals surface area contributed by atoms with E-state index in [4.69, 9.17) is 0 Å². The topological polar surface area (TPSA) is 17.1 Å². The summed E-state index contributed by atoms with van der Waals surface area (Å²) in [5, 5.41) is 0. The lowest BCUT2D eigenvalue weighted by Gasteiger charge is -2.41. The van der Waals surface area contributed by atoms with Crippen LogP contribution in [0.1, 0.15) is 40.5 Å². The monoisotopic (exact) mass is 206 g/mol. The lowest BCUT2D eigenvalue weighted by Crippen LogP contribution is -2.37. The van der Waals surface area contributed by atoms with Crippen molar-refractivity contribution in [1.82, 2.24) is 0 Å². The van der Waals surface area contributed by atoms with Crippen LogP contribution >= 0.6 is 0 Å². The Morgan fingerprint density at radius 2 is 2.13 bits per heavy atom. The standard InChI is InChI=1S/C14H22O/c1-6-7-12(15)13-11(3)10(2)8-9-14(13,4)5/h6-7,10,13H,3,8-9H2,1-2,4-5H3/t10-,13-/m0/s1. The Morgan fingerprint density at radius 3 is 2.67 bits per heavy atom. The van der Waals surface area contributed by atoms with Gasteiger partial charge >= 0.3 is 0 Å². The average Bonchev–Trinajstić information content (AvgIpc) is 2.12. The van der Waals surface area contributed by atoms with Gasteiger partial charge in [-0.3, -0.25) is 4.79 Å². The molecule has 1 rings (SSSR count). The van der Waals surface area contributed by atoms with Crippen molar-refractivity contribution >= 4 is 5.78 Å². The highest BCUT2D eigenvalue weighted by Gasteiger charge is 2.40. The van der Waals surface area contributed by atoms with Gasteiger partial charge in [0.25, 0.3) is 0 Å². The molecule has 84 valence electrons. The van der Waals surface area contributed by atoms with E-state index in [9.17, 15) is 4.79 Å². The summed E-state index contributed by atoms with van der Waals surface area (Å²) in [7, 11) is 0. The Balaban J connectivity index is 2.98. The zero-order valence-corrected chi connectivity index (χ0v) is 10.3. The minimum atomic E-state index is 0.0115. The Kier molecular flexibility index (Phi) is 3.54. The van der Waals surface area contributed by atoms with E-state index >= 15 is 0 Å². The summed E-state index contributed by atoms with van der Waals surface area (Å²) in [6, 6.07) is 0. The second-order valence-electron chi connectivity index (χ2n) is 5.34. The van der Waals surface area contributed by atoms with Crippen LogP contribution in [0.25, 0.3) is 0 Å². The normalized spacial score (nSPS) is 30.8. The first-order chi connectivity index (χ1) is 6.90. The Bertz CT molecular complexity index is 296. The molecule has 0 unspecified atom stereocenters. The van der Waals surface area contributed by atoms with Crippen molar-refractivity contribution in [2.45, 2.75) is 40.5 Å². The number of rotatable bonds is 2. The zero-order chi connectivity index (χ0) is 11.6. The highest BCUT2D eigenvalue weighted by molar-refractivity contribution is 5.94. The van der Waals surface area contributed by atoms with E-state index < -0.39 is 0 Å². The SMILES string of the molecule is C=C1[C@@H](C(=O)C=CC)C(C)(C)CC[C@@H]1C. The van der Waals surface area contributed by atoms with Crippen LogP contribution in [0.3, 0.4) is 0 Å². The van der Waals surface area contributed by atoms with E-state index in [0.717, 1.165) is 18.4 Å². The third kappa shape index (κ3) is 2.39. The van der Waals surface area contributed by atoms with Crippen LogP contribution in [0.2, 0.25) is 0 Å². The van der Waals surface area contributed by atoms with E-state index in [0.29, 0.717) is 5.92 Å². The molecule has 0 aromatic heterocycles. The molecule has 1 aliphatic rings. The van der Waals surface area contributed by atoms with Crippen LogP contribution in [0.15, 0.2) is 24.3 Å². The molecule has 0 saturated heterocycles. The Morgan fingerprint density at radius 1 is 1.53 bits per heavy atom. The van der Waals surface area contributed by atoms with E-state index in [1.165, 1.54) is 0 Å². The van der Waals surface area contributed by atoms with Crippen LogP contribution in [0.5, 0.6) is 0 Å². The fourth-order valence-corrected chi connectivity index (χ4v) is 2.53. The fourth-order valence-electron chi connectivity index (χ4n) is 2.53. The van der Waals surface area contributed by atoms with Gasteiger partial charge in [0.05, 0.1) is 0 Å². The molecule has 1 fully saturated rings. The molecular formula is C14H22O. The quantitative estimate of drug-likeness (QED) is 0.496. The molecule has 0 spiro atoms. The first-order valence-corrected chi connectivity index (χ1v) is 5.75. The maximum absolute atomic E-state index is 12.0. The summed E-state index contributed by atoms with van der Waals surface area (Å²) >= 11 is 0. The number of carbonyl (C=O) groups is 1. The Hall–Kier alpha value is -0.850. The molecule has 1 aliphatic carbocycles. The van der Waals surface area contributed by atoms with Gasteiger partial charge in [-0.15, -0.1) is 0 Å². The third-order valence-electron chi connectivity index (χ3n) is 3.62. The number of hydrogen-bond acceptors (Lipinski definition) is 1. The number of carbonyl (C=O) groups excluding carboxylic acids is 1. The van der Waals surface area contributed by atoms with Gasteiger partial charge in [-0.05, 0) is 37.2 Å². The molecular weight excluding hydrogens is 184 g/mol. The molecule has 15 heavy (non-hydrogen) atoms. The van der Waals surface area contributed by atoms with Crippen molar-refractivity contribution in [1.29, 1.82) is 0 Å². The molecule has 1 nitrogen and oxygen atoms in total. The van der Waals surface area contributed by atoms with Crippen molar-refractivity contribution in [2.24, 2.45) is 17.3 Å². The summed E-state index contributed by atoms with van der Waals surface area (Å²) in [6.07, 6.45) is 5.78. The molecule has 0 aromatic carbocycles. The van der Waals surface area contributed by atoms with E-state index in [1.54, 1.807) is 6.08 Å². The van der Waals surface area contributed by atoms with Gasteiger partial charge in [-0.1, -0.05) is 39.0 Å². The fraction of sp³-hybridized carbons (Fsp3) is 0.643. The summed E-state index contributed by atoms with van der Waals surface area (Å²) < 4.78 is 0.